The molecular weight excluding hydrogens is 517 g/mol. The first-order valence-corrected chi connectivity index (χ1v) is 13.5. The lowest BCUT2D eigenvalue weighted by Crippen LogP contribution is -2.56. The van der Waals surface area contributed by atoms with Crippen LogP contribution in [0, 0.1) is 0 Å². The minimum atomic E-state index is -1.31. The molecular formula is C29H34FN5O5. The summed E-state index contributed by atoms with van der Waals surface area (Å²) in [7, 11) is 1.80. The van der Waals surface area contributed by atoms with Crippen molar-refractivity contribution >= 4 is 23.6 Å². The topological polar surface area (TPSA) is 120 Å². The van der Waals surface area contributed by atoms with Gasteiger partial charge in [0.1, 0.15) is 24.0 Å². The number of carbonyl (C=O) groups excluding carboxylic acids is 4. The number of amides is 4. The molecule has 3 heterocycles. The number of alkyl halides is 1. The molecule has 40 heavy (non-hydrogen) atoms. The van der Waals surface area contributed by atoms with E-state index in [1.54, 1.807) is 31.3 Å². The average Bonchev–Trinajstić information content (AvgIpc) is 3.52. The molecule has 0 aliphatic carbocycles. The number of ether oxygens (including phenoxy) is 1. The summed E-state index contributed by atoms with van der Waals surface area (Å²) in [5.74, 6) is -0.937. The van der Waals surface area contributed by atoms with Crippen LogP contribution in [0.1, 0.15) is 24.0 Å². The van der Waals surface area contributed by atoms with Gasteiger partial charge in [0.05, 0.1) is 12.6 Å². The van der Waals surface area contributed by atoms with Crippen LogP contribution < -0.4 is 20.7 Å². The van der Waals surface area contributed by atoms with Gasteiger partial charge in [-0.1, -0.05) is 42.5 Å². The van der Waals surface area contributed by atoms with E-state index in [0.717, 1.165) is 11.1 Å². The molecule has 4 amide bonds. The van der Waals surface area contributed by atoms with E-state index in [2.05, 4.69) is 16.0 Å². The van der Waals surface area contributed by atoms with Crippen molar-refractivity contribution in [1.82, 2.24) is 25.8 Å². The lowest BCUT2D eigenvalue weighted by molar-refractivity contribution is -0.141. The summed E-state index contributed by atoms with van der Waals surface area (Å²) in [5, 5.41) is 8.59. The largest absolute Gasteiger partial charge is 0.484 e. The van der Waals surface area contributed by atoms with Crippen molar-refractivity contribution in [1.29, 1.82) is 0 Å². The van der Waals surface area contributed by atoms with Crippen molar-refractivity contribution < 1.29 is 28.3 Å². The molecule has 5 rings (SSSR count). The van der Waals surface area contributed by atoms with Crippen molar-refractivity contribution in [2.75, 3.05) is 26.7 Å². The monoisotopic (exact) mass is 551 g/mol. The zero-order valence-corrected chi connectivity index (χ0v) is 22.3. The van der Waals surface area contributed by atoms with Crippen LogP contribution in [0.4, 0.5) is 4.39 Å². The summed E-state index contributed by atoms with van der Waals surface area (Å²) in [6.45, 7) is 0.571. The van der Waals surface area contributed by atoms with Gasteiger partial charge in [-0.25, -0.2) is 4.39 Å². The summed E-state index contributed by atoms with van der Waals surface area (Å²) in [5.41, 5.74) is 1.73. The number of fused-ring (bicyclic) bond motifs is 3. The predicted octanol–water partition coefficient (Wildman–Crippen LogP) is 0.551. The molecule has 3 saturated heterocycles. The van der Waals surface area contributed by atoms with Gasteiger partial charge in [-0.05, 0) is 36.7 Å². The number of hydrogen-bond donors (Lipinski definition) is 3. The summed E-state index contributed by atoms with van der Waals surface area (Å²) >= 11 is 0. The molecule has 0 spiro atoms. The number of hydrogen-bond acceptors (Lipinski definition) is 6. The van der Waals surface area contributed by atoms with Gasteiger partial charge in [-0.15, -0.1) is 0 Å². The lowest BCUT2D eigenvalue weighted by Gasteiger charge is -2.30. The molecule has 2 aromatic carbocycles. The third-order valence-corrected chi connectivity index (χ3v) is 7.71. The summed E-state index contributed by atoms with van der Waals surface area (Å²) in [6, 6.07) is 13.9. The van der Waals surface area contributed by atoms with Gasteiger partial charge in [-0.2, -0.15) is 0 Å². The maximum atomic E-state index is 14.4. The Morgan fingerprint density at radius 3 is 2.42 bits per heavy atom. The zero-order chi connectivity index (χ0) is 28.2. The molecule has 3 aliphatic heterocycles. The summed E-state index contributed by atoms with van der Waals surface area (Å²) in [4.78, 5) is 55.0. The molecule has 0 saturated carbocycles. The van der Waals surface area contributed by atoms with Crippen LogP contribution in [0.2, 0.25) is 0 Å². The highest BCUT2D eigenvalue weighted by Gasteiger charge is 2.45. The molecule has 11 heteroatoms. The van der Waals surface area contributed by atoms with Gasteiger partial charge in [-0.3, -0.25) is 24.1 Å². The van der Waals surface area contributed by atoms with Crippen LogP contribution in [-0.4, -0.2) is 90.5 Å². The van der Waals surface area contributed by atoms with Crippen molar-refractivity contribution in [3.8, 4) is 5.75 Å². The van der Waals surface area contributed by atoms with Crippen LogP contribution >= 0.6 is 0 Å². The number of rotatable bonds is 7. The van der Waals surface area contributed by atoms with Crippen molar-refractivity contribution in [2.45, 2.75) is 56.1 Å². The van der Waals surface area contributed by atoms with E-state index in [-0.39, 0.29) is 49.8 Å². The quantitative estimate of drug-likeness (QED) is 0.463. The third-order valence-electron chi connectivity index (χ3n) is 7.71. The summed E-state index contributed by atoms with van der Waals surface area (Å²) in [6.07, 6.45) is -0.787. The van der Waals surface area contributed by atoms with Crippen molar-refractivity contribution in [3.05, 3.63) is 65.7 Å². The number of benzene rings is 2. The molecule has 3 aliphatic rings. The van der Waals surface area contributed by atoms with Crippen LogP contribution in [0.3, 0.4) is 0 Å². The first-order chi connectivity index (χ1) is 19.3. The van der Waals surface area contributed by atoms with E-state index in [4.69, 9.17) is 4.74 Å². The Hall–Kier alpha value is -3.99. The van der Waals surface area contributed by atoms with Gasteiger partial charge in [0, 0.05) is 32.0 Å². The highest BCUT2D eigenvalue weighted by Crippen LogP contribution is 2.25. The van der Waals surface area contributed by atoms with Gasteiger partial charge in [0.15, 0.2) is 6.61 Å². The smallest absolute Gasteiger partial charge is 0.258 e. The Balaban J connectivity index is 1.24. The fraction of sp³-hybridized carbons (Fsp3) is 0.448. The second-order valence-corrected chi connectivity index (χ2v) is 10.7. The van der Waals surface area contributed by atoms with Crippen LogP contribution in [0.5, 0.6) is 5.75 Å². The molecule has 0 unspecified atom stereocenters. The van der Waals surface area contributed by atoms with Crippen LogP contribution in [0.25, 0.3) is 0 Å². The Labute approximate surface area is 232 Å². The highest BCUT2D eigenvalue weighted by molar-refractivity contribution is 5.94. The van der Waals surface area contributed by atoms with E-state index in [1.807, 2.05) is 35.2 Å². The molecule has 5 atom stereocenters. The molecule has 0 radical (unpaired) electrons. The Morgan fingerprint density at radius 1 is 0.950 bits per heavy atom. The fourth-order valence-corrected chi connectivity index (χ4v) is 5.61. The number of nitrogens with zero attached hydrogens (tertiary/aromatic N) is 2. The van der Waals surface area contributed by atoms with E-state index >= 15 is 0 Å². The van der Waals surface area contributed by atoms with Crippen LogP contribution in [0.15, 0.2) is 54.6 Å². The SMILES string of the molecule is CN1C[C@H]2C[C@H]1C(=O)N[C@@H](Cc1ccc(OCC(=O)NCc3ccccc3)cc1)C(=O)N1C[C@@H](F)C[C@H]1C(=O)N2. The molecule has 3 fully saturated rings. The van der Waals surface area contributed by atoms with E-state index in [1.165, 1.54) is 4.90 Å². The van der Waals surface area contributed by atoms with E-state index in [9.17, 15) is 23.6 Å². The first kappa shape index (κ1) is 27.6. The van der Waals surface area contributed by atoms with E-state index in [0.29, 0.717) is 25.3 Å². The Morgan fingerprint density at radius 2 is 1.68 bits per heavy atom. The summed E-state index contributed by atoms with van der Waals surface area (Å²) < 4.78 is 20.0. The predicted molar refractivity (Wildman–Crippen MR) is 144 cm³/mol. The normalized spacial score (nSPS) is 26.9. The molecule has 10 nitrogen and oxygen atoms in total. The molecule has 2 bridgehead atoms. The molecule has 2 aromatic rings. The number of halogens is 1. The Kier molecular flexibility index (Phi) is 8.29. The van der Waals surface area contributed by atoms with Crippen LogP contribution in [-0.2, 0) is 32.1 Å². The van der Waals surface area contributed by atoms with E-state index < -0.39 is 30.2 Å². The molecule has 3 N–H and O–H groups in total. The second-order valence-electron chi connectivity index (χ2n) is 10.7. The zero-order valence-electron chi connectivity index (χ0n) is 22.3. The fourth-order valence-electron chi connectivity index (χ4n) is 5.61. The van der Waals surface area contributed by atoms with Crippen molar-refractivity contribution in [3.63, 3.8) is 0 Å². The Bertz CT molecular complexity index is 1240. The molecule has 212 valence electrons. The standard InChI is InChI=1S/C29H34FN5O5/c1-34-16-21-13-24(34)27(37)33-23(29(39)35-15-20(30)12-25(35)28(38)32-21)11-18-7-9-22(10-8-18)40-17-26(36)31-14-19-5-3-2-4-6-19/h2-10,20-21,23-25H,11-17H2,1H3,(H,31,36)(H,32,38)(H,33,37)/t20-,21+,23-,24-,25-/m0/s1. The average molecular weight is 552 g/mol. The lowest BCUT2D eigenvalue weighted by atomic mass is 10.0. The minimum absolute atomic E-state index is 0.0603. The van der Waals surface area contributed by atoms with Crippen molar-refractivity contribution in [2.24, 2.45) is 0 Å². The maximum absolute atomic E-state index is 14.4. The number of likely N-dealkylation sites (tertiary alicyclic amines) is 1. The number of likely N-dealkylation sites (N-methyl/N-ethyl adjacent to an activating group) is 1. The highest BCUT2D eigenvalue weighted by atomic mass is 19.1. The molecule has 0 aromatic heterocycles. The van der Waals surface area contributed by atoms with Gasteiger partial charge >= 0.3 is 0 Å². The third kappa shape index (κ3) is 6.41. The second kappa shape index (κ2) is 12.0. The number of carbonyl (C=O) groups is 4. The minimum Gasteiger partial charge on any atom is -0.484 e. The maximum Gasteiger partial charge on any atom is 0.258 e. The van der Waals surface area contributed by atoms with Gasteiger partial charge in [0.25, 0.3) is 5.91 Å². The van der Waals surface area contributed by atoms with Gasteiger partial charge < -0.3 is 25.6 Å². The first-order valence-electron chi connectivity index (χ1n) is 13.5. The van der Waals surface area contributed by atoms with Gasteiger partial charge in [0.2, 0.25) is 17.7 Å². The number of nitrogens with one attached hydrogen (secondary N) is 3.